The van der Waals surface area contributed by atoms with Crippen LogP contribution in [0.15, 0.2) is 47.8 Å². The van der Waals surface area contributed by atoms with Gasteiger partial charge in [-0.2, -0.15) is 13.2 Å². The lowest BCUT2D eigenvalue weighted by Crippen LogP contribution is -2.70. The molecule has 2 aliphatic heterocycles. The lowest BCUT2D eigenvalue weighted by molar-refractivity contribution is -0.205. The smallest absolute Gasteiger partial charge is 0.380 e. The predicted molar refractivity (Wildman–Crippen MR) is 137 cm³/mol. The van der Waals surface area contributed by atoms with Crippen LogP contribution in [0.3, 0.4) is 0 Å². The van der Waals surface area contributed by atoms with E-state index in [9.17, 15) is 33.8 Å². The Hall–Kier alpha value is -3.58. The number of nitrogens with one attached hydrogen (secondary N) is 1. The second-order valence-corrected chi connectivity index (χ2v) is 12.4. The highest BCUT2D eigenvalue weighted by Gasteiger charge is 2.70. The fourth-order valence-corrected chi connectivity index (χ4v) is 5.58. The minimum atomic E-state index is -10.3. The van der Waals surface area contributed by atoms with Crippen molar-refractivity contribution in [3.05, 3.63) is 48.5 Å². The van der Waals surface area contributed by atoms with Crippen molar-refractivity contribution in [3.63, 3.8) is 0 Å². The van der Waals surface area contributed by atoms with Crippen LogP contribution < -0.4 is 10.2 Å². The number of likely N-dealkylation sites (N-methyl/N-ethyl adjacent to an activating group) is 1. The lowest BCUT2D eigenvalue weighted by atomic mass is 9.87. The molecule has 10 nitrogen and oxygen atoms in total. The summed E-state index contributed by atoms with van der Waals surface area (Å²) in [5.41, 5.74) is -6.22. The van der Waals surface area contributed by atoms with Crippen LogP contribution in [0, 0.1) is 0 Å². The van der Waals surface area contributed by atoms with E-state index in [1.54, 1.807) is 0 Å². The van der Waals surface area contributed by atoms with Gasteiger partial charge in [0.15, 0.2) is 0 Å². The zero-order valence-corrected chi connectivity index (χ0v) is 23.3. The second-order valence-electron chi connectivity index (χ2n) is 10.0. The van der Waals surface area contributed by atoms with Gasteiger partial charge in [-0.25, -0.2) is 0 Å². The summed E-state index contributed by atoms with van der Waals surface area (Å²) >= 11 is 0. The number of halogens is 8. The molecule has 2 fully saturated rings. The standard InChI is InChI=1S/C24H26F8N6O4S/c1-36-9-10-37(14-20(36)39)22(41)23(24(25,26)27,19-13-33-7-8-34-19)38(21(40)18-11-16(42-2)12-35-18)15-3-5-17(6-4-15)43(28,29,30,31)32/h3-8,13,16,18,35H,9-12,14H2,1-2H3/t16-,18-,23?/m1/s1. The fourth-order valence-electron chi connectivity index (χ4n) is 4.92. The number of amides is 3. The molecule has 0 bridgehead atoms. The molecule has 0 spiro atoms. The number of benzene rings is 1. The molecule has 2 saturated heterocycles. The first-order valence-corrected chi connectivity index (χ1v) is 14.5. The monoisotopic (exact) mass is 646 g/mol. The molecule has 2 aromatic rings. The zero-order valence-electron chi connectivity index (χ0n) is 22.5. The number of methoxy groups -OCH3 is 1. The van der Waals surface area contributed by atoms with Crippen LogP contribution in [0.2, 0.25) is 0 Å². The van der Waals surface area contributed by atoms with Gasteiger partial charge in [0.2, 0.25) is 11.8 Å². The van der Waals surface area contributed by atoms with Gasteiger partial charge in [-0.1, -0.05) is 19.4 Å². The number of piperazine rings is 1. The SMILES string of the molecule is CO[C@H]1CN[C@@H](C(=O)N(c2ccc(S(F)(F)(F)(F)F)cc2)C(C(=O)N2CCN(C)C(=O)C2)(c2cnccn2)C(F)(F)F)C1. The number of carbonyl (C=O) groups is 3. The summed E-state index contributed by atoms with van der Waals surface area (Å²) in [6, 6.07) is -1.31. The number of ether oxygens (including phenoxy) is 1. The van der Waals surface area contributed by atoms with Gasteiger partial charge in [0.1, 0.15) is 10.6 Å². The third kappa shape index (κ3) is 6.10. The number of carbonyl (C=O) groups excluding carboxylic acids is 3. The van der Waals surface area contributed by atoms with Crippen LogP contribution in [0.1, 0.15) is 12.1 Å². The highest BCUT2D eigenvalue weighted by molar-refractivity contribution is 8.45. The first kappa shape index (κ1) is 32.3. The van der Waals surface area contributed by atoms with Crippen molar-refractivity contribution in [1.29, 1.82) is 0 Å². The van der Waals surface area contributed by atoms with Gasteiger partial charge < -0.3 is 19.9 Å². The molecule has 0 saturated carbocycles. The van der Waals surface area contributed by atoms with Crippen molar-refractivity contribution >= 4 is 33.6 Å². The minimum absolute atomic E-state index is 0.00499. The highest BCUT2D eigenvalue weighted by atomic mass is 32.5. The molecule has 2 aliphatic rings. The van der Waals surface area contributed by atoms with Crippen LogP contribution >= 0.6 is 10.2 Å². The number of aromatic nitrogens is 2. The maximum Gasteiger partial charge on any atom is 0.427 e. The van der Waals surface area contributed by atoms with Crippen LogP contribution in [-0.4, -0.2) is 96.1 Å². The van der Waals surface area contributed by atoms with Gasteiger partial charge in [-0.15, -0.1) is 0 Å². The Bertz CT molecular complexity index is 1400. The molecule has 3 heterocycles. The molecule has 43 heavy (non-hydrogen) atoms. The quantitative estimate of drug-likeness (QED) is 0.459. The molecule has 1 unspecified atom stereocenters. The summed E-state index contributed by atoms with van der Waals surface area (Å²) in [4.78, 5) is 47.1. The first-order chi connectivity index (χ1) is 19.7. The fraction of sp³-hybridized carbons (Fsp3) is 0.458. The van der Waals surface area contributed by atoms with Crippen molar-refractivity contribution in [3.8, 4) is 0 Å². The molecular formula is C24H26F8N6O4S. The molecule has 3 amide bonds. The van der Waals surface area contributed by atoms with Gasteiger partial charge in [0.25, 0.3) is 11.4 Å². The summed E-state index contributed by atoms with van der Waals surface area (Å²) in [5.74, 6) is -4.03. The second kappa shape index (κ2) is 10.3. The summed E-state index contributed by atoms with van der Waals surface area (Å²) in [6.07, 6.45) is -4.29. The predicted octanol–water partition coefficient (Wildman–Crippen LogP) is 3.60. The van der Waals surface area contributed by atoms with E-state index in [2.05, 4.69) is 15.3 Å². The number of rotatable bonds is 7. The van der Waals surface area contributed by atoms with E-state index in [1.807, 2.05) is 0 Å². The van der Waals surface area contributed by atoms with E-state index < -0.39 is 81.2 Å². The molecule has 19 heteroatoms. The Morgan fingerprint density at radius 1 is 1.07 bits per heavy atom. The average Bonchev–Trinajstić information content (AvgIpc) is 3.41. The van der Waals surface area contributed by atoms with E-state index in [0.29, 0.717) is 11.1 Å². The molecule has 0 aliphatic carbocycles. The lowest BCUT2D eigenvalue weighted by Gasteiger charge is -2.47. The Kier molecular flexibility index (Phi) is 7.71. The van der Waals surface area contributed by atoms with Crippen molar-refractivity contribution in [2.24, 2.45) is 0 Å². The van der Waals surface area contributed by atoms with E-state index in [-0.39, 0.29) is 48.7 Å². The minimum Gasteiger partial charge on any atom is -0.380 e. The van der Waals surface area contributed by atoms with Crippen LogP contribution in [0.4, 0.5) is 38.3 Å². The molecule has 1 aromatic heterocycles. The van der Waals surface area contributed by atoms with Gasteiger partial charge >= 0.3 is 16.4 Å². The highest BCUT2D eigenvalue weighted by Crippen LogP contribution is 3.02. The van der Waals surface area contributed by atoms with Crippen molar-refractivity contribution in [1.82, 2.24) is 25.1 Å². The maximum atomic E-state index is 15.6. The summed E-state index contributed by atoms with van der Waals surface area (Å²) in [5, 5.41) is 2.66. The summed E-state index contributed by atoms with van der Waals surface area (Å²) in [6.45, 7) is -1.41. The van der Waals surface area contributed by atoms with Gasteiger partial charge in [-0.05, 0) is 30.7 Å². The first-order valence-electron chi connectivity index (χ1n) is 12.5. The molecule has 3 atom stereocenters. The number of hydrogen-bond donors (Lipinski definition) is 1. The molecule has 238 valence electrons. The third-order valence-corrected chi connectivity index (χ3v) is 8.38. The number of nitrogens with zero attached hydrogens (tertiary/aromatic N) is 5. The van der Waals surface area contributed by atoms with Crippen molar-refractivity contribution < 1.29 is 51.7 Å². The molecule has 1 N–H and O–H groups in total. The normalized spacial score (nSPS) is 22.9. The zero-order chi connectivity index (χ0) is 32.1. The Labute approximate surface area is 239 Å². The van der Waals surface area contributed by atoms with Gasteiger partial charge in [0, 0.05) is 51.9 Å². The van der Waals surface area contributed by atoms with E-state index in [4.69, 9.17) is 4.74 Å². The molecule has 0 radical (unpaired) electrons. The van der Waals surface area contributed by atoms with E-state index in [1.165, 1.54) is 14.2 Å². The van der Waals surface area contributed by atoms with E-state index in [0.717, 1.165) is 17.3 Å². The largest absolute Gasteiger partial charge is 0.427 e. The summed E-state index contributed by atoms with van der Waals surface area (Å²) in [7, 11) is -7.65. The Balaban J connectivity index is 2.01. The van der Waals surface area contributed by atoms with Gasteiger partial charge in [-0.3, -0.25) is 29.3 Å². The average molecular weight is 647 g/mol. The summed E-state index contributed by atoms with van der Waals surface area (Å²) < 4.78 is 119. The van der Waals surface area contributed by atoms with Gasteiger partial charge in [0.05, 0.1) is 24.9 Å². The van der Waals surface area contributed by atoms with E-state index >= 15 is 13.2 Å². The van der Waals surface area contributed by atoms with Crippen LogP contribution in [-0.2, 0) is 24.7 Å². The molecule has 1 aromatic carbocycles. The molecule has 4 rings (SSSR count). The number of alkyl halides is 3. The number of hydrogen-bond acceptors (Lipinski definition) is 7. The third-order valence-electron chi connectivity index (χ3n) is 7.22. The Morgan fingerprint density at radius 2 is 1.72 bits per heavy atom. The van der Waals surface area contributed by atoms with Crippen LogP contribution in [0.25, 0.3) is 0 Å². The maximum absolute atomic E-state index is 15.6. The van der Waals surface area contributed by atoms with Crippen molar-refractivity contribution in [2.75, 3.05) is 45.2 Å². The topological polar surface area (TPSA) is 108 Å². The van der Waals surface area contributed by atoms with Crippen molar-refractivity contribution in [2.45, 2.75) is 35.2 Å². The molecular weight excluding hydrogens is 620 g/mol. The number of anilines is 1. The van der Waals surface area contributed by atoms with Crippen LogP contribution in [0.5, 0.6) is 0 Å². The Morgan fingerprint density at radius 3 is 2.21 bits per heavy atom.